The Morgan fingerprint density at radius 3 is 2.10 bits per heavy atom. The number of nitrogens with zero attached hydrogens (tertiary/aromatic N) is 2. The third-order valence-corrected chi connectivity index (χ3v) is 6.47. The summed E-state index contributed by atoms with van der Waals surface area (Å²) in [4.78, 5) is 17.2. The van der Waals surface area contributed by atoms with Crippen molar-refractivity contribution in [1.29, 1.82) is 0 Å². The fourth-order valence-electron chi connectivity index (χ4n) is 4.60. The van der Waals surface area contributed by atoms with Crippen molar-refractivity contribution in [3.05, 3.63) is 66.2 Å². The van der Waals surface area contributed by atoms with Gasteiger partial charge in [-0.2, -0.15) is 0 Å². The number of para-hydroxylation sites is 1. The summed E-state index contributed by atoms with van der Waals surface area (Å²) in [6.07, 6.45) is 3.44. The summed E-state index contributed by atoms with van der Waals surface area (Å²) in [5.74, 6) is 1.11. The molecule has 0 bridgehead atoms. The SMILES string of the molecule is O=C(NCC1CCN(Cc2ccccc2)CC1)NCC1CCN(c2ccccc2)C1. The molecule has 0 aromatic heterocycles. The van der Waals surface area contributed by atoms with E-state index in [-0.39, 0.29) is 6.03 Å². The Labute approximate surface area is 180 Å². The molecule has 2 aromatic rings. The van der Waals surface area contributed by atoms with E-state index in [1.54, 1.807) is 0 Å². The van der Waals surface area contributed by atoms with E-state index in [4.69, 9.17) is 0 Å². The first-order chi connectivity index (χ1) is 14.8. The molecule has 30 heavy (non-hydrogen) atoms. The Bertz CT molecular complexity index is 774. The van der Waals surface area contributed by atoms with Crippen LogP contribution in [0.1, 0.15) is 24.8 Å². The Hall–Kier alpha value is -2.53. The smallest absolute Gasteiger partial charge is 0.314 e. The second-order valence-corrected chi connectivity index (χ2v) is 8.73. The van der Waals surface area contributed by atoms with Crippen LogP contribution >= 0.6 is 0 Å². The molecule has 1 unspecified atom stereocenters. The summed E-state index contributed by atoms with van der Waals surface area (Å²) in [5, 5.41) is 6.19. The molecule has 2 aliphatic heterocycles. The van der Waals surface area contributed by atoms with Crippen LogP contribution < -0.4 is 15.5 Å². The van der Waals surface area contributed by atoms with Crippen molar-refractivity contribution in [1.82, 2.24) is 15.5 Å². The van der Waals surface area contributed by atoms with E-state index in [0.717, 1.165) is 65.1 Å². The van der Waals surface area contributed by atoms with Gasteiger partial charge in [0, 0.05) is 38.4 Å². The molecule has 1 atom stereocenters. The number of rotatable bonds is 7. The quantitative estimate of drug-likeness (QED) is 0.737. The van der Waals surface area contributed by atoms with E-state index < -0.39 is 0 Å². The van der Waals surface area contributed by atoms with Crippen LogP contribution in [0.4, 0.5) is 10.5 Å². The van der Waals surface area contributed by atoms with Crippen molar-refractivity contribution in [2.45, 2.75) is 25.8 Å². The molecule has 2 heterocycles. The first-order valence-electron chi connectivity index (χ1n) is 11.3. The van der Waals surface area contributed by atoms with Gasteiger partial charge < -0.3 is 15.5 Å². The van der Waals surface area contributed by atoms with E-state index >= 15 is 0 Å². The predicted molar refractivity (Wildman–Crippen MR) is 123 cm³/mol. The molecule has 0 saturated carbocycles. The van der Waals surface area contributed by atoms with Gasteiger partial charge >= 0.3 is 6.03 Å². The van der Waals surface area contributed by atoms with Gasteiger partial charge in [-0.05, 0) is 61.9 Å². The molecule has 4 rings (SSSR count). The van der Waals surface area contributed by atoms with Gasteiger partial charge in [0.15, 0.2) is 0 Å². The van der Waals surface area contributed by atoms with Gasteiger partial charge in [0.25, 0.3) is 0 Å². The summed E-state index contributed by atoms with van der Waals surface area (Å²) in [5.41, 5.74) is 2.66. The highest BCUT2D eigenvalue weighted by Crippen LogP contribution is 2.23. The normalized spacial score (nSPS) is 20.3. The predicted octanol–water partition coefficient (Wildman–Crippen LogP) is 3.72. The minimum absolute atomic E-state index is 0.0140. The van der Waals surface area contributed by atoms with E-state index in [1.165, 1.54) is 11.3 Å². The number of carbonyl (C=O) groups is 1. The summed E-state index contributed by atoms with van der Waals surface area (Å²) in [6.45, 7) is 6.88. The maximum atomic E-state index is 12.3. The molecule has 5 heteroatoms. The highest BCUT2D eigenvalue weighted by Gasteiger charge is 2.23. The zero-order valence-corrected chi connectivity index (χ0v) is 17.8. The zero-order valence-electron chi connectivity index (χ0n) is 17.8. The van der Waals surface area contributed by atoms with Crippen molar-refractivity contribution in [3.63, 3.8) is 0 Å². The lowest BCUT2D eigenvalue weighted by molar-refractivity contribution is 0.174. The van der Waals surface area contributed by atoms with Gasteiger partial charge in [0.1, 0.15) is 0 Å². The lowest BCUT2D eigenvalue weighted by Gasteiger charge is -2.32. The lowest BCUT2D eigenvalue weighted by atomic mass is 9.96. The third-order valence-electron chi connectivity index (χ3n) is 6.47. The Morgan fingerprint density at radius 1 is 0.800 bits per heavy atom. The minimum atomic E-state index is -0.0140. The average molecular weight is 407 g/mol. The van der Waals surface area contributed by atoms with Gasteiger partial charge in [0.05, 0.1) is 0 Å². The number of amides is 2. The highest BCUT2D eigenvalue weighted by atomic mass is 16.2. The third kappa shape index (κ3) is 5.99. The van der Waals surface area contributed by atoms with Crippen LogP contribution in [0.25, 0.3) is 0 Å². The lowest BCUT2D eigenvalue weighted by Crippen LogP contribution is -2.43. The second-order valence-electron chi connectivity index (χ2n) is 8.73. The molecule has 160 valence electrons. The topological polar surface area (TPSA) is 47.6 Å². The molecule has 5 nitrogen and oxygen atoms in total. The van der Waals surface area contributed by atoms with Crippen molar-refractivity contribution >= 4 is 11.7 Å². The van der Waals surface area contributed by atoms with Crippen LogP contribution in [-0.2, 0) is 6.54 Å². The van der Waals surface area contributed by atoms with Crippen LogP contribution in [0.15, 0.2) is 60.7 Å². The van der Waals surface area contributed by atoms with Crippen molar-refractivity contribution < 1.29 is 4.79 Å². The molecule has 0 radical (unpaired) electrons. The number of benzene rings is 2. The van der Waals surface area contributed by atoms with E-state index in [1.807, 2.05) is 0 Å². The summed E-state index contributed by atoms with van der Waals surface area (Å²) in [7, 11) is 0. The van der Waals surface area contributed by atoms with Crippen molar-refractivity contribution in [2.24, 2.45) is 11.8 Å². The van der Waals surface area contributed by atoms with Gasteiger partial charge in [0.2, 0.25) is 0 Å². The number of carbonyl (C=O) groups excluding carboxylic acids is 1. The fraction of sp³-hybridized carbons (Fsp3) is 0.480. The zero-order chi connectivity index (χ0) is 20.6. The molecule has 2 amide bonds. The summed E-state index contributed by atoms with van der Waals surface area (Å²) < 4.78 is 0. The first kappa shape index (κ1) is 20.7. The second kappa shape index (κ2) is 10.5. The first-order valence-corrected chi connectivity index (χ1v) is 11.3. The average Bonchev–Trinajstić information content (AvgIpc) is 3.28. The van der Waals surface area contributed by atoms with Crippen molar-refractivity contribution in [2.75, 3.05) is 44.2 Å². The number of piperidine rings is 1. The van der Waals surface area contributed by atoms with Gasteiger partial charge in [-0.25, -0.2) is 4.79 Å². The summed E-state index contributed by atoms with van der Waals surface area (Å²) >= 11 is 0. The number of urea groups is 1. The van der Waals surface area contributed by atoms with Crippen LogP contribution in [0.5, 0.6) is 0 Å². The van der Waals surface area contributed by atoms with Crippen LogP contribution in [0.3, 0.4) is 0 Å². The molecule has 2 fully saturated rings. The number of nitrogens with one attached hydrogen (secondary N) is 2. The minimum Gasteiger partial charge on any atom is -0.371 e. The molecule has 2 aliphatic rings. The van der Waals surface area contributed by atoms with Gasteiger partial charge in [-0.1, -0.05) is 48.5 Å². The standard InChI is InChI=1S/C25H34N4O/c30-25(27-18-23-13-16-29(20-23)24-9-5-2-6-10-24)26-17-21-11-14-28(15-12-21)19-22-7-3-1-4-8-22/h1-10,21,23H,11-20H2,(H2,26,27,30). The van der Waals surface area contributed by atoms with E-state index in [2.05, 4.69) is 81.1 Å². The maximum Gasteiger partial charge on any atom is 0.314 e. The van der Waals surface area contributed by atoms with Crippen LogP contribution in [0, 0.1) is 11.8 Å². The monoisotopic (exact) mass is 406 g/mol. The highest BCUT2D eigenvalue weighted by molar-refractivity contribution is 5.73. The Balaban J connectivity index is 1.09. The maximum absolute atomic E-state index is 12.3. The number of likely N-dealkylation sites (tertiary alicyclic amines) is 1. The van der Waals surface area contributed by atoms with Crippen LogP contribution in [-0.4, -0.2) is 50.2 Å². The number of anilines is 1. The number of hydrogen-bond acceptors (Lipinski definition) is 3. The molecule has 2 aromatic carbocycles. The van der Waals surface area contributed by atoms with E-state index in [0.29, 0.717) is 11.8 Å². The van der Waals surface area contributed by atoms with Crippen LogP contribution in [0.2, 0.25) is 0 Å². The van der Waals surface area contributed by atoms with Crippen molar-refractivity contribution in [3.8, 4) is 0 Å². The molecule has 2 N–H and O–H groups in total. The Kier molecular flexibility index (Phi) is 7.25. The fourth-order valence-corrected chi connectivity index (χ4v) is 4.60. The molecular weight excluding hydrogens is 372 g/mol. The van der Waals surface area contributed by atoms with E-state index in [9.17, 15) is 4.79 Å². The Morgan fingerprint density at radius 2 is 1.40 bits per heavy atom. The molecule has 0 spiro atoms. The largest absolute Gasteiger partial charge is 0.371 e. The number of hydrogen-bond donors (Lipinski definition) is 2. The molecule has 2 saturated heterocycles. The molecule has 0 aliphatic carbocycles. The summed E-state index contributed by atoms with van der Waals surface area (Å²) in [6, 6.07) is 21.2. The van der Waals surface area contributed by atoms with Gasteiger partial charge in [-0.3, -0.25) is 4.90 Å². The van der Waals surface area contributed by atoms with Gasteiger partial charge in [-0.15, -0.1) is 0 Å². The molecular formula is C25H34N4O.